The van der Waals surface area contributed by atoms with E-state index in [1.165, 1.54) is 12.3 Å². The summed E-state index contributed by atoms with van der Waals surface area (Å²) in [5.74, 6) is -0.292. The van der Waals surface area contributed by atoms with Crippen molar-refractivity contribution in [1.82, 2.24) is 15.2 Å². The smallest absolute Gasteiger partial charge is 0.141 e. The van der Waals surface area contributed by atoms with E-state index in [2.05, 4.69) is 29.0 Å². The van der Waals surface area contributed by atoms with Crippen molar-refractivity contribution < 1.29 is 9.13 Å². The average Bonchev–Trinajstić information content (AvgIpc) is 2.45. The van der Waals surface area contributed by atoms with Gasteiger partial charge in [-0.2, -0.15) is 0 Å². The largest absolute Gasteiger partial charge is 0.376 e. The van der Waals surface area contributed by atoms with Gasteiger partial charge >= 0.3 is 0 Å². The van der Waals surface area contributed by atoms with Crippen LogP contribution in [0, 0.1) is 5.82 Å². The Balaban J connectivity index is 1.91. The lowest BCUT2D eigenvalue weighted by molar-refractivity contribution is -0.0502. The molecule has 1 aromatic heterocycles. The Hall–Kier alpha value is -1.04. The van der Waals surface area contributed by atoms with Crippen LogP contribution >= 0.6 is 0 Å². The predicted molar refractivity (Wildman–Crippen MR) is 77.1 cm³/mol. The topological polar surface area (TPSA) is 37.4 Å². The number of rotatable bonds is 5. The highest BCUT2D eigenvalue weighted by atomic mass is 19.1. The van der Waals surface area contributed by atoms with Crippen LogP contribution in [0.3, 0.4) is 0 Å². The Morgan fingerprint density at radius 1 is 1.50 bits per heavy atom. The van der Waals surface area contributed by atoms with Gasteiger partial charge in [-0.05, 0) is 39.4 Å². The molecule has 5 heteroatoms. The van der Waals surface area contributed by atoms with E-state index in [-0.39, 0.29) is 11.9 Å². The van der Waals surface area contributed by atoms with Gasteiger partial charge in [0.25, 0.3) is 0 Å². The van der Waals surface area contributed by atoms with Gasteiger partial charge < -0.3 is 10.1 Å². The van der Waals surface area contributed by atoms with E-state index in [4.69, 9.17) is 4.74 Å². The maximum absolute atomic E-state index is 12.9. The maximum atomic E-state index is 12.9. The van der Waals surface area contributed by atoms with Crippen LogP contribution in [0.1, 0.15) is 32.0 Å². The van der Waals surface area contributed by atoms with E-state index in [0.29, 0.717) is 12.1 Å². The zero-order valence-electron chi connectivity index (χ0n) is 12.5. The molecule has 2 rings (SSSR count). The molecule has 0 saturated carbocycles. The molecule has 0 aromatic carbocycles. The lowest BCUT2D eigenvalue weighted by atomic mass is 10.1. The van der Waals surface area contributed by atoms with Crippen molar-refractivity contribution in [2.24, 2.45) is 0 Å². The summed E-state index contributed by atoms with van der Waals surface area (Å²) in [5, 5.41) is 3.26. The fourth-order valence-corrected chi connectivity index (χ4v) is 2.61. The Morgan fingerprint density at radius 2 is 2.30 bits per heavy atom. The third kappa shape index (κ3) is 3.98. The van der Waals surface area contributed by atoms with Crippen molar-refractivity contribution in [3.05, 3.63) is 29.8 Å². The second kappa shape index (κ2) is 7.11. The fourth-order valence-electron chi connectivity index (χ4n) is 2.61. The Morgan fingerprint density at radius 3 is 2.95 bits per heavy atom. The first-order valence-electron chi connectivity index (χ1n) is 7.24. The number of pyridine rings is 1. The number of hydrogen-bond acceptors (Lipinski definition) is 4. The Labute approximate surface area is 120 Å². The molecular weight excluding hydrogens is 257 g/mol. The lowest BCUT2D eigenvalue weighted by Crippen LogP contribution is -2.48. The summed E-state index contributed by atoms with van der Waals surface area (Å²) in [4.78, 5) is 6.61. The lowest BCUT2D eigenvalue weighted by Gasteiger charge is -2.37. The predicted octanol–water partition coefficient (Wildman–Crippen LogP) is 1.98. The molecule has 3 atom stereocenters. The number of halogens is 1. The van der Waals surface area contributed by atoms with Crippen molar-refractivity contribution in [3.63, 3.8) is 0 Å². The summed E-state index contributed by atoms with van der Waals surface area (Å²) >= 11 is 0. The molecule has 1 aromatic rings. The fraction of sp³-hybridized carbons (Fsp3) is 0.667. The number of morpholine rings is 1. The summed E-state index contributed by atoms with van der Waals surface area (Å²) in [5.41, 5.74) is 0.892. The number of hydrogen-bond donors (Lipinski definition) is 1. The molecule has 1 fully saturated rings. The van der Waals surface area contributed by atoms with Gasteiger partial charge in [-0.25, -0.2) is 4.39 Å². The van der Waals surface area contributed by atoms with Crippen LogP contribution in [-0.2, 0) is 4.74 Å². The van der Waals surface area contributed by atoms with Crippen LogP contribution < -0.4 is 5.32 Å². The highest BCUT2D eigenvalue weighted by Gasteiger charge is 2.24. The van der Waals surface area contributed by atoms with E-state index in [9.17, 15) is 4.39 Å². The van der Waals surface area contributed by atoms with Crippen molar-refractivity contribution >= 4 is 0 Å². The third-order valence-electron chi connectivity index (χ3n) is 3.90. The van der Waals surface area contributed by atoms with Crippen LogP contribution in [0.4, 0.5) is 4.39 Å². The normalized spacial score (nSPS) is 25.6. The maximum Gasteiger partial charge on any atom is 0.141 e. The molecule has 4 nitrogen and oxygen atoms in total. The molecule has 0 amide bonds. The molecule has 1 aliphatic heterocycles. The summed E-state index contributed by atoms with van der Waals surface area (Å²) in [6.07, 6.45) is 2.52. The van der Waals surface area contributed by atoms with Gasteiger partial charge in [0.15, 0.2) is 0 Å². The minimum Gasteiger partial charge on any atom is -0.376 e. The monoisotopic (exact) mass is 281 g/mol. The standard InChI is InChI=1S/C15H24FN3O/c1-11-10-20-12(2)9-19(11)7-6-14(17-3)15-5-4-13(16)8-18-15/h4-5,8,11-12,14,17H,6-7,9-10H2,1-3H3. The van der Waals surface area contributed by atoms with E-state index >= 15 is 0 Å². The molecule has 0 radical (unpaired) electrons. The van der Waals surface area contributed by atoms with E-state index in [1.54, 1.807) is 6.07 Å². The molecule has 112 valence electrons. The van der Waals surface area contributed by atoms with Crippen LogP contribution in [0.25, 0.3) is 0 Å². The van der Waals surface area contributed by atoms with E-state index in [1.807, 2.05) is 7.05 Å². The highest BCUT2D eigenvalue weighted by Crippen LogP contribution is 2.18. The van der Waals surface area contributed by atoms with Gasteiger partial charge in [0.05, 0.1) is 30.6 Å². The molecule has 0 aliphatic carbocycles. The SMILES string of the molecule is CNC(CCN1CC(C)OCC1C)c1ccc(F)cn1. The molecule has 3 unspecified atom stereocenters. The molecule has 1 N–H and O–H groups in total. The first-order valence-corrected chi connectivity index (χ1v) is 7.24. The molecule has 0 spiro atoms. The molecule has 20 heavy (non-hydrogen) atoms. The van der Waals surface area contributed by atoms with Crippen molar-refractivity contribution in [2.75, 3.05) is 26.7 Å². The average molecular weight is 281 g/mol. The van der Waals surface area contributed by atoms with Crippen molar-refractivity contribution in [1.29, 1.82) is 0 Å². The second-order valence-corrected chi connectivity index (χ2v) is 5.52. The van der Waals surface area contributed by atoms with Crippen molar-refractivity contribution in [2.45, 2.75) is 38.5 Å². The van der Waals surface area contributed by atoms with Gasteiger partial charge in [-0.1, -0.05) is 0 Å². The third-order valence-corrected chi connectivity index (χ3v) is 3.90. The highest BCUT2D eigenvalue weighted by molar-refractivity contribution is 5.09. The molecule has 1 aliphatic rings. The summed E-state index contributed by atoms with van der Waals surface area (Å²) in [6, 6.07) is 3.82. The Bertz CT molecular complexity index is 412. The quantitative estimate of drug-likeness (QED) is 0.895. The molecule has 0 bridgehead atoms. The number of nitrogens with one attached hydrogen (secondary N) is 1. The van der Waals surface area contributed by atoms with Gasteiger partial charge in [0, 0.05) is 19.1 Å². The van der Waals surface area contributed by atoms with Gasteiger partial charge in [-0.15, -0.1) is 0 Å². The van der Waals surface area contributed by atoms with Gasteiger partial charge in [-0.3, -0.25) is 9.88 Å². The Kier molecular flexibility index (Phi) is 5.46. The number of ether oxygens (including phenoxy) is 1. The summed E-state index contributed by atoms with van der Waals surface area (Å²) < 4.78 is 18.6. The first kappa shape index (κ1) is 15.4. The van der Waals surface area contributed by atoms with Crippen LogP contribution in [0.5, 0.6) is 0 Å². The molecular formula is C15H24FN3O. The van der Waals surface area contributed by atoms with Crippen LogP contribution in [0.2, 0.25) is 0 Å². The zero-order chi connectivity index (χ0) is 14.5. The van der Waals surface area contributed by atoms with Gasteiger partial charge in [0.2, 0.25) is 0 Å². The first-order chi connectivity index (χ1) is 9.60. The zero-order valence-corrected chi connectivity index (χ0v) is 12.5. The van der Waals surface area contributed by atoms with Crippen LogP contribution in [0.15, 0.2) is 18.3 Å². The number of aromatic nitrogens is 1. The van der Waals surface area contributed by atoms with E-state index < -0.39 is 0 Å². The van der Waals surface area contributed by atoms with Crippen LogP contribution in [-0.4, -0.2) is 48.8 Å². The molecule has 2 heterocycles. The summed E-state index contributed by atoms with van der Waals surface area (Å²) in [6.45, 7) is 7.04. The second-order valence-electron chi connectivity index (χ2n) is 5.52. The minimum atomic E-state index is -0.292. The molecule has 1 saturated heterocycles. The van der Waals surface area contributed by atoms with E-state index in [0.717, 1.165) is 31.8 Å². The van der Waals surface area contributed by atoms with Crippen molar-refractivity contribution in [3.8, 4) is 0 Å². The van der Waals surface area contributed by atoms with Gasteiger partial charge in [0.1, 0.15) is 5.82 Å². The summed E-state index contributed by atoms with van der Waals surface area (Å²) in [7, 11) is 1.92. The minimum absolute atomic E-state index is 0.154. The number of nitrogens with zero attached hydrogens (tertiary/aromatic N) is 2.